The molecule has 2 aromatic heterocycles. The van der Waals surface area contributed by atoms with E-state index in [0.717, 1.165) is 22.2 Å². The Kier molecular flexibility index (Phi) is 7.37. The molecule has 3 N–H and O–H groups in total. The molecule has 0 aliphatic carbocycles. The van der Waals surface area contributed by atoms with Crippen molar-refractivity contribution in [3.05, 3.63) is 158 Å². The smallest absolute Gasteiger partial charge is 0.259 e. The van der Waals surface area contributed by atoms with Crippen LogP contribution in [0.15, 0.2) is 120 Å². The maximum Gasteiger partial charge on any atom is 0.259 e. The number of hydrogen-bond donors (Lipinski definition) is 3. The number of Topliss-reactive ketones (excluding diaryl/α,β-unsaturated/α-hetero) is 1. The van der Waals surface area contributed by atoms with Gasteiger partial charge in [-0.15, -0.1) is 0 Å². The van der Waals surface area contributed by atoms with Gasteiger partial charge in [-0.3, -0.25) is 14.6 Å². The molecule has 6 aromatic rings. The fourth-order valence-corrected chi connectivity index (χ4v) is 5.78. The number of aromatic hydroxyl groups is 1. The van der Waals surface area contributed by atoms with E-state index in [1.54, 1.807) is 12.1 Å². The van der Waals surface area contributed by atoms with Crippen molar-refractivity contribution >= 4 is 29.0 Å². The normalized spacial score (nSPS) is 12.7. The molecular formula is C34H29N4O3S+. The lowest BCUT2D eigenvalue weighted by Gasteiger charge is -2.25. The third kappa shape index (κ3) is 5.20. The molecule has 0 radical (unpaired) electrons. The summed E-state index contributed by atoms with van der Waals surface area (Å²) in [5, 5.41) is 11.2. The number of imidazole rings is 1. The van der Waals surface area contributed by atoms with Gasteiger partial charge in [0.15, 0.2) is 27.7 Å². The highest BCUT2D eigenvalue weighted by Gasteiger charge is 2.41. The number of H-pyrrole nitrogens is 2. The molecule has 0 bridgehead atoms. The maximum absolute atomic E-state index is 14.6. The van der Waals surface area contributed by atoms with Gasteiger partial charge in [0.05, 0.1) is 11.5 Å². The van der Waals surface area contributed by atoms with Crippen LogP contribution in [-0.4, -0.2) is 25.4 Å². The lowest BCUT2D eigenvalue weighted by atomic mass is 9.81. The number of nitrogens with one attached hydrogen (secondary N) is 2. The fourth-order valence-electron chi connectivity index (χ4n) is 5.59. The van der Waals surface area contributed by atoms with Crippen LogP contribution in [0.3, 0.4) is 0 Å². The number of aryl methyl sites for hydroxylation is 1. The van der Waals surface area contributed by atoms with Gasteiger partial charge in [0.2, 0.25) is 12.1 Å². The van der Waals surface area contributed by atoms with Crippen molar-refractivity contribution in [2.24, 2.45) is 0 Å². The van der Waals surface area contributed by atoms with E-state index in [2.05, 4.69) is 26.7 Å². The summed E-state index contributed by atoms with van der Waals surface area (Å²) in [6, 6.07) is 33.8. The zero-order valence-electron chi connectivity index (χ0n) is 22.9. The first-order valence-electron chi connectivity index (χ1n) is 13.6. The monoisotopic (exact) mass is 573 g/mol. The molecule has 0 amide bonds. The molecule has 7 nitrogen and oxygen atoms in total. The first kappa shape index (κ1) is 27.1. The second-order valence-corrected chi connectivity index (χ2v) is 10.8. The molecule has 6 rings (SSSR count). The van der Waals surface area contributed by atoms with Crippen LogP contribution in [-0.2, 0) is 6.54 Å². The number of hydrogen-bond acceptors (Lipinski definition) is 4. The second-order valence-electron chi connectivity index (χ2n) is 10.4. The Labute approximate surface area is 247 Å². The van der Waals surface area contributed by atoms with Crippen LogP contribution in [0.5, 0.6) is 5.88 Å². The quantitative estimate of drug-likeness (QED) is 0.118. The van der Waals surface area contributed by atoms with Gasteiger partial charge < -0.3 is 10.1 Å². The number of fused-ring (bicyclic) bond motifs is 1. The van der Waals surface area contributed by atoms with Gasteiger partial charge in [-0.25, -0.2) is 9.13 Å². The lowest BCUT2D eigenvalue weighted by Crippen LogP contribution is -2.35. The molecule has 0 aliphatic rings. The van der Waals surface area contributed by atoms with Gasteiger partial charge in [-0.2, -0.15) is 0 Å². The highest BCUT2D eigenvalue weighted by atomic mass is 32.1. The Morgan fingerprint density at radius 1 is 0.881 bits per heavy atom. The minimum atomic E-state index is -0.937. The standard InChI is InChI=1S/C34H28N4O3S/c1-22-16-18-24(19-17-22)28(29-32(40)35-34(42)36-33(29)41)30(31(39)25-12-6-3-7-13-25)38-21-37(20-23-10-4-2-5-11-23)26-14-8-9-15-27(26)38/h2-19,21,28,30H,20H2,1H3,(H2-,35,36,40,41,42)/p+1. The van der Waals surface area contributed by atoms with Gasteiger partial charge in [-0.1, -0.05) is 103 Å². The molecule has 0 fully saturated rings. The Balaban J connectivity index is 1.65. The summed E-state index contributed by atoms with van der Waals surface area (Å²) in [5.41, 5.74) is 4.56. The summed E-state index contributed by atoms with van der Waals surface area (Å²) in [6.07, 6.45) is 1.93. The molecule has 2 unspecified atom stereocenters. The zero-order chi connectivity index (χ0) is 29.2. The van der Waals surface area contributed by atoms with E-state index in [4.69, 9.17) is 12.2 Å². The summed E-state index contributed by atoms with van der Waals surface area (Å²) in [4.78, 5) is 33.5. The van der Waals surface area contributed by atoms with Crippen molar-refractivity contribution in [3.63, 3.8) is 0 Å². The molecular weight excluding hydrogens is 544 g/mol. The van der Waals surface area contributed by atoms with Crippen LogP contribution >= 0.6 is 12.2 Å². The van der Waals surface area contributed by atoms with Crippen LogP contribution in [0.25, 0.3) is 11.0 Å². The van der Waals surface area contributed by atoms with E-state index >= 15 is 0 Å². The summed E-state index contributed by atoms with van der Waals surface area (Å²) < 4.78 is 4.03. The second kappa shape index (κ2) is 11.4. The Hall–Kier alpha value is -5.08. The zero-order valence-corrected chi connectivity index (χ0v) is 23.7. The fraction of sp³-hybridized carbons (Fsp3) is 0.118. The Morgan fingerprint density at radius 2 is 1.52 bits per heavy atom. The first-order chi connectivity index (χ1) is 20.4. The number of para-hydroxylation sites is 2. The van der Waals surface area contributed by atoms with E-state index in [1.807, 2.05) is 103 Å². The molecule has 2 atom stereocenters. The molecule has 0 spiro atoms. The summed E-state index contributed by atoms with van der Waals surface area (Å²) in [6.45, 7) is 2.56. The minimum Gasteiger partial charge on any atom is -0.494 e. The van der Waals surface area contributed by atoms with E-state index in [-0.39, 0.29) is 22.0 Å². The highest BCUT2D eigenvalue weighted by molar-refractivity contribution is 7.71. The molecule has 0 saturated carbocycles. The van der Waals surface area contributed by atoms with Crippen LogP contribution in [0.2, 0.25) is 0 Å². The van der Waals surface area contributed by atoms with Gasteiger partial charge in [0.1, 0.15) is 6.54 Å². The topological polar surface area (TPSA) is 94.8 Å². The lowest BCUT2D eigenvalue weighted by molar-refractivity contribution is -0.663. The Bertz CT molecular complexity index is 2000. The number of carbonyl (C=O) groups is 1. The van der Waals surface area contributed by atoms with E-state index in [1.165, 1.54) is 0 Å². The van der Waals surface area contributed by atoms with Crippen molar-refractivity contribution in [2.45, 2.75) is 25.4 Å². The largest absolute Gasteiger partial charge is 0.494 e. The van der Waals surface area contributed by atoms with Crippen molar-refractivity contribution in [2.75, 3.05) is 0 Å². The van der Waals surface area contributed by atoms with Gasteiger partial charge >= 0.3 is 0 Å². The van der Waals surface area contributed by atoms with Crippen LogP contribution in [0, 0.1) is 11.7 Å². The van der Waals surface area contributed by atoms with Crippen molar-refractivity contribution < 1.29 is 14.5 Å². The van der Waals surface area contributed by atoms with E-state index in [9.17, 15) is 14.7 Å². The number of nitrogens with zero attached hydrogens (tertiary/aromatic N) is 2. The predicted molar refractivity (Wildman–Crippen MR) is 164 cm³/mol. The Morgan fingerprint density at radius 3 is 2.21 bits per heavy atom. The van der Waals surface area contributed by atoms with Gasteiger partial charge in [0, 0.05) is 5.56 Å². The number of benzene rings is 4. The molecule has 8 heteroatoms. The van der Waals surface area contributed by atoms with Crippen molar-refractivity contribution in [1.82, 2.24) is 14.5 Å². The van der Waals surface area contributed by atoms with Crippen LogP contribution in [0.1, 0.15) is 44.6 Å². The SMILES string of the molecule is Cc1ccc(C(c2c(O)[nH]c(=S)[nH]c2=O)C(C(=O)c2ccccc2)n2c[n+](Cc3ccccc3)c3ccccc32)cc1. The maximum atomic E-state index is 14.6. The van der Waals surface area contributed by atoms with E-state index in [0.29, 0.717) is 17.7 Å². The van der Waals surface area contributed by atoms with Gasteiger partial charge in [-0.05, 0) is 42.4 Å². The number of rotatable bonds is 8. The third-order valence-corrected chi connectivity index (χ3v) is 7.78. The number of ketones is 1. The molecule has 42 heavy (non-hydrogen) atoms. The average Bonchev–Trinajstić information content (AvgIpc) is 3.35. The summed E-state index contributed by atoms with van der Waals surface area (Å²) in [7, 11) is 0. The predicted octanol–water partition coefficient (Wildman–Crippen LogP) is 5.99. The number of carbonyl (C=O) groups excluding carboxylic acids is 1. The average molecular weight is 574 g/mol. The number of aromatic nitrogens is 4. The summed E-state index contributed by atoms with van der Waals surface area (Å²) in [5.74, 6) is -1.43. The molecule has 4 aromatic carbocycles. The third-order valence-electron chi connectivity index (χ3n) is 7.58. The number of aromatic amines is 2. The summed E-state index contributed by atoms with van der Waals surface area (Å²) >= 11 is 5.14. The molecule has 0 saturated heterocycles. The van der Waals surface area contributed by atoms with E-state index < -0.39 is 17.5 Å². The van der Waals surface area contributed by atoms with Crippen molar-refractivity contribution in [3.8, 4) is 5.88 Å². The molecule has 0 aliphatic heterocycles. The van der Waals surface area contributed by atoms with Crippen LogP contribution < -0.4 is 10.1 Å². The minimum absolute atomic E-state index is 0.00181. The highest BCUT2D eigenvalue weighted by Crippen LogP contribution is 2.40. The molecule has 208 valence electrons. The van der Waals surface area contributed by atoms with Crippen LogP contribution in [0.4, 0.5) is 0 Å². The van der Waals surface area contributed by atoms with Crippen molar-refractivity contribution in [1.29, 1.82) is 0 Å². The first-order valence-corrected chi connectivity index (χ1v) is 14.1. The van der Waals surface area contributed by atoms with Gasteiger partial charge in [0.25, 0.3) is 5.56 Å². The molecule has 2 heterocycles.